The van der Waals surface area contributed by atoms with Crippen molar-refractivity contribution in [2.45, 2.75) is 6.42 Å². The van der Waals surface area contributed by atoms with Gasteiger partial charge < -0.3 is 19.5 Å². The van der Waals surface area contributed by atoms with Crippen molar-refractivity contribution in [1.29, 1.82) is 0 Å². The molecule has 0 spiro atoms. The second kappa shape index (κ2) is 10.2. The van der Waals surface area contributed by atoms with Gasteiger partial charge in [-0.25, -0.2) is 0 Å². The quantitative estimate of drug-likeness (QED) is 0.667. The molecular formula is C14H22BrNO3. The highest BCUT2D eigenvalue weighted by atomic mass is 79.9. The maximum Gasteiger partial charge on any atom is 0.133 e. The topological polar surface area (TPSA) is 39.7 Å². The van der Waals surface area contributed by atoms with Crippen LogP contribution in [0.15, 0.2) is 22.7 Å². The molecule has 1 rings (SSSR count). The number of nitrogens with one attached hydrogen (secondary N) is 1. The predicted molar refractivity (Wildman–Crippen MR) is 80.0 cm³/mol. The molecule has 0 bridgehead atoms. The van der Waals surface area contributed by atoms with Gasteiger partial charge in [0.15, 0.2) is 0 Å². The van der Waals surface area contributed by atoms with E-state index in [4.69, 9.17) is 14.2 Å². The van der Waals surface area contributed by atoms with Gasteiger partial charge in [0.2, 0.25) is 0 Å². The molecule has 1 aromatic carbocycles. The fourth-order valence-corrected chi connectivity index (χ4v) is 2.19. The van der Waals surface area contributed by atoms with Crippen molar-refractivity contribution >= 4 is 15.9 Å². The lowest BCUT2D eigenvalue weighted by molar-refractivity contribution is 0.135. The van der Waals surface area contributed by atoms with Crippen molar-refractivity contribution in [1.82, 2.24) is 5.32 Å². The van der Waals surface area contributed by atoms with Crippen molar-refractivity contribution in [3.63, 3.8) is 0 Å². The van der Waals surface area contributed by atoms with Crippen LogP contribution in [0.1, 0.15) is 5.56 Å². The van der Waals surface area contributed by atoms with E-state index in [9.17, 15) is 0 Å². The van der Waals surface area contributed by atoms with Gasteiger partial charge >= 0.3 is 0 Å². The van der Waals surface area contributed by atoms with Crippen molar-refractivity contribution in [2.24, 2.45) is 0 Å². The Labute approximate surface area is 123 Å². The average molecular weight is 332 g/mol. The Bertz CT molecular complexity index is 361. The van der Waals surface area contributed by atoms with Gasteiger partial charge in [0, 0.05) is 20.2 Å². The third-order valence-electron chi connectivity index (χ3n) is 2.66. The summed E-state index contributed by atoms with van der Waals surface area (Å²) in [7, 11) is 3.37. The Morgan fingerprint density at radius 2 is 1.89 bits per heavy atom. The second-order valence-corrected chi connectivity index (χ2v) is 4.93. The van der Waals surface area contributed by atoms with Crippen LogP contribution in [0.4, 0.5) is 0 Å². The fraction of sp³-hybridized carbons (Fsp3) is 0.571. The van der Waals surface area contributed by atoms with Gasteiger partial charge in [-0.1, -0.05) is 6.07 Å². The van der Waals surface area contributed by atoms with E-state index in [2.05, 4.69) is 33.4 Å². The van der Waals surface area contributed by atoms with E-state index in [0.29, 0.717) is 0 Å². The first-order valence-corrected chi connectivity index (χ1v) is 7.17. The zero-order chi connectivity index (χ0) is 13.9. The summed E-state index contributed by atoms with van der Waals surface area (Å²) < 4.78 is 16.7. The maximum absolute atomic E-state index is 5.56. The molecule has 1 N–H and O–H groups in total. The zero-order valence-electron chi connectivity index (χ0n) is 11.6. The molecular weight excluding hydrogens is 310 g/mol. The molecule has 0 aromatic heterocycles. The van der Waals surface area contributed by atoms with Crippen molar-refractivity contribution in [2.75, 3.05) is 47.1 Å². The van der Waals surface area contributed by atoms with E-state index in [-0.39, 0.29) is 0 Å². The minimum Gasteiger partial charge on any atom is -0.496 e. The Morgan fingerprint density at radius 1 is 1.11 bits per heavy atom. The first kappa shape index (κ1) is 16.4. The lowest BCUT2D eigenvalue weighted by Crippen LogP contribution is -2.23. The first-order valence-electron chi connectivity index (χ1n) is 6.37. The number of hydrogen-bond donors (Lipinski definition) is 1. The first-order chi connectivity index (χ1) is 9.27. The van der Waals surface area contributed by atoms with Gasteiger partial charge in [-0.15, -0.1) is 0 Å². The van der Waals surface area contributed by atoms with Crippen LogP contribution in [0.25, 0.3) is 0 Å². The summed E-state index contributed by atoms with van der Waals surface area (Å²) in [4.78, 5) is 0. The summed E-state index contributed by atoms with van der Waals surface area (Å²) >= 11 is 3.48. The van der Waals surface area contributed by atoms with Crippen LogP contribution in [0.5, 0.6) is 5.75 Å². The Morgan fingerprint density at radius 3 is 2.58 bits per heavy atom. The van der Waals surface area contributed by atoms with E-state index in [1.807, 2.05) is 6.07 Å². The normalized spacial score (nSPS) is 10.7. The average Bonchev–Trinajstić information content (AvgIpc) is 2.42. The van der Waals surface area contributed by atoms with E-state index in [1.54, 1.807) is 14.2 Å². The summed E-state index contributed by atoms with van der Waals surface area (Å²) in [5.74, 6) is 0.854. The van der Waals surface area contributed by atoms with E-state index < -0.39 is 0 Å². The summed E-state index contributed by atoms with van der Waals surface area (Å²) in [5.41, 5.74) is 1.24. The molecule has 108 valence electrons. The molecule has 4 nitrogen and oxygen atoms in total. The number of methoxy groups -OCH3 is 2. The standard InChI is InChI=1S/C14H22BrNO3/c1-17-9-6-16-7-10-19-8-5-12-3-4-14(18-2)13(15)11-12/h3-4,11,16H,5-10H2,1-2H3. The highest BCUT2D eigenvalue weighted by Gasteiger charge is 2.01. The van der Waals surface area contributed by atoms with Crippen LogP contribution in [-0.2, 0) is 15.9 Å². The largest absolute Gasteiger partial charge is 0.496 e. The molecule has 0 saturated heterocycles. The lowest BCUT2D eigenvalue weighted by Gasteiger charge is -2.08. The number of ether oxygens (including phenoxy) is 3. The highest BCUT2D eigenvalue weighted by molar-refractivity contribution is 9.10. The monoisotopic (exact) mass is 331 g/mol. The fourth-order valence-electron chi connectivity index (χ4n) is 1.60. The summed E-state index contributed by atoms with van der Waals surface area (Å²) in [6.45, 7) is 3.91. The summed E-state index contributed by atoms with van der Waals surface area (Å²) in [6, 6.07) is 6.09. The molecule has 0 unspecified atom stereocenters. The Kier molecular flexibility index (Phi) is 8.82. The van der Waals surface area contributed by atoms with Gasteiger partial charge in [0.25, 0.3) is 0 Å². The van der Waals surface area contributed by atoms with Gasteiger partial charge in [-0.3, -0.25) is 0 Å². The van der Waals surface area contributed by atoms with Gasteiger partial charge in [0.05, 0.1) is 31.4 Å². The number of benzene rings is 1. The molecule has 0 amide bonds. The van der Waals surface area contributed by atoms with E-state index in [0.717, 1.165) is 49.6 Å². The summed E-state index contributed by atoms with van der Waals surface area (Å²) in [6.07, 6.45) is 0.903. The van der Waals surface area contributed by atoms with Crippen LogP contribution in [0.3, 0.4) is 0 Å². The smallest absolute Gasteiger partial charge is 0.133 e. The molecule has 0 radical (unpaired) electrons. The molecule has 0 aliphatic heterocycles. The van der Waals surface area contributed by atoms with Crippen LogP contribution < -0.4 is 10.1 Å². The maximum atomic E-state index is 5.56. The van der Waals surface area contributed by atoms with Crippen molar-refractivity contribution in [3.8, 4) is 5.75 Å². The Balaban J connectivity index is 2.11. The van der Waals surface area contributed by atoms with Crippen molar-refractivity contribution in [3.05, 3.63) is 28.2 Å². The highest BCUT2D eigenvalue weighted by Crippen LogP contribution is 2.25. The summed E-state index contributed by atoms with van der Waals surface area (Å²) in [5, 5.41) is 3.24. The minimum atomic E-state index is 0.723. The molecule has 0 saturated carbocycles. The molecule has 19 heavy (non-hydrogen) atoms. The van der Waals surface area contributed by atoms with Crippen LogP contribution in [0, 0.1) is 0 Å². The van der Waals surface area contributed by atoms with Crippen LogP contribution in [0.2, 0.25) is 0 Å². The van der Waals surface area contributed by atoms with Gasteiger partial charge in [-0.2, -0.15) is 0 Å². The number of halogens is 1. The zero-order valence-corrected chi connectivity index (χ0v) is 13.2. The van der Waals surface area contributed by atoms with E-state index in [1.165, 1.54) is 5.56 Å². The van der Waals surface area contributed by atoms with Crippen LogP contribution >= 0.6 is 15.9 Å². The van der Waals surface area contributed by atoms with Gasteiger partial charge in [0.1, 0.15) is 5.75 Å². The molecule has 0 aliphatic carbocycles. The van der Waals surface area contributed by atoms with Gasteiger partial charge in [-0.05, 0) is 40.0 Å². The van der Waals surface area contributed by atoms with Crippen LogP contribution in [-0.4, -0.2) is 47.1 Å². The SMILES string of the molecule is COCCNCCOCCc1ccc(OC)c(Br)c1. The number of rotatable bonds is 10. The molecule has 0 heterocycles. The lowest BCUT2D eigenvalue weighted by atomic mass is 10.1. The van der Waals surface area contributed by atoms with E-state index >= 15 is 0 Å². The van der Waals surface area contributed by atoms with Crippen molar-refractivity contribution < 1.29 is 14.2 Å². The third kappa shape index (κ3) is 6.92. The number of hydrogen-bond acceptors (Lipinski definition) is 4. The Hall–Kier alpha value is -0.620. The molecule has 0 atom stereocenters. The molecule has 0 aliphatic rings. The predicted octanol–water partition coefficient (Wildman–Crippen LogP) is 2.25. The molecule has 1 aromatic rings. The molecule has 0 fully saturated rings. The second-order valence-electron chi connectivity index (χ2n) is 4.07. The minimum absolute atomic E-state index is 0.723. The third-order valence-corrected chi connectivity index (χ3v) is 3.28. The molecule has 5 heteroatoms.